The third-order valence-electron chi connectivity index (χ3n) is 2.73. The van der Waals surface area contributed by atoms with E-state index in [1.165, 1.54) is 6.92 Å². The smallest absolute Gasteiger partial charge is 0.272 e. The number of rotatable bonds is 2. The van der Waals surface area contributed by atoms with E-state index in [9.17, 15) is 18.0 Å². The molecule has 0 saturated carbocycles. The summed E-state index contributed by atoms with van der Waals surface area (Å²) in [5.41, 5.74) is -0.284. The van der Waals surface area contributed by atoms with Gasteiger partial charge in [-0.05, 0) is 12.5 Å². The molecule has 1 heterocycles. The molecule has 18 heavy (non-hydrogen) atoms. The molecule has 0 radical (unpaired) electrons. The molecule has 0 bridgehead atoms. The van der Waals surface area contributed by atoms with E-state index in [2.05, 4.69) is 5.10 Å². The lowest BCUT2D eigenvalue weighted by Crippen LogP contribution is -2.30. The second kappa shape index (κ2) is 4.44. The van der Waals surface area contributed by atoms with Crippen molar-refractivity contribution in [1.82, 2.24) is 5.01 Å². The highest BCUT2D eigenvalue weighted by atomic mass is 19.4. The summed E-state index contributed by atoms with van der Waals surface area (Å²) in [6.45, 7) is 1.28. The first-order chi connectivity index (χ1) is 8.39. The van der Waals surface area contributed by atoms with E-state index < -0.39 is 23.7 Å². The number of hydrazone groups is 1. The minimum absolute atomic E-state index is 0.0591. The predicted octanol–water partition coefficient (Wildman–Crippen LogP) is 2.58. The molecule has 0 spiro atoms. The Balaban J connectivity index is 2.20. The first-order valence-corrected chi connectivity index (χ1v) is 5.40. The summed E-state index contributed by atoms with van der Waals surface area (Å²) >= 11 is 0. The van der Waals surface area contributed by atoms with Crippen molar-refractivity contribution in [2.75, 3.05) is 0 Å². The van der Waals surface area contributed by atoms with E-state index in [0.717, 1.165) is 10.6 Å². The summed E-state index contributed by atoms with van der Waals surface area (Å²) in [6, 6.07) is 8.78. The molecule has 2 rings (SSSR count). The molecule has 0 fully saturated rings. The van der Waals surface area contributed by atoms with Gasteiger partial charge < -0.3 is 0 Å². The van der Waals surface area contributed by atoms with Crippen LogP contribution < -0.4 is 0 Å². The Morgan fingerprint density at radius 2 is 1.89 bits per heavy atom. The van der Waals surface area contributed by atoms with Crippen LogP contribution in [0.1, 0.15) is 12.5 Å². The van der Waals surface area contributed by atoms with Gasteiger partial charge in [0.2, 0.25) is 0 Å². The quantitative estimate of drug-likeness (QED) is 0.800. The third-order valence-corrected chi connectivity index (χ3v) is 2.73. The number of nitrogens with zero attached hydrogens (tertiary/aromatic N) is 2. The van der Waals surface area contributed by atoms with Crippen molar-refractivity contribution < 1.29 is 18.0 Å². The van der Waals surface area contributed by atoms with Gasteiger partial charge in [-0.25, -0.2) is 5.01 Å². The Morgan fingerprint density at radius 1 is 1.28 bits per heavy atom. The van der Waals surface area contributed by atoms with Gasteiger partial charge in [-0.2, -0.15) is 18.3 Å². The molecular weight excluding hydrogens is 245 g/mol. The normalized spacial score (nSPS) is 20.2. The standard InChI is InChI=1S/C12H11F3N2O/c1-8-10(12(13,14)15)16-17(11(8)18)7-9-5-3-2-4-6-9/h2-6,8H,7H2,1H3. The van der Waals surface area contributed by atoms with Crippen molar-refractivity contribution in [2.24, 2.45) is 11.0 Å². The molecule has 1 aromatic rings. The van der Waals surface area contributed by atoms with Crippen LogP contribution in [0.15, 0.2) is 35.4 Å². The highest BCUT2D eigenvalue weighted by Gasteiger charge is 2.47. The molecule has 96 valence electrons. The summed E-state index contributed by atoms with van der Waals surface area (Å²) in [4.78, 5) is 11.7. The average Bonchev–Trinajstić information content (AvgIpc) is 2.58. The second-order valence-corrected chi connectivity index (χ2v) is 4.09. The van der Waals surface area contributed by atoms with Gasteiger partial charge in [-0.15, -0.1) is 0 Å². The monoisotopic (exact) mass is 256 g/mol. The number of amides is 1. The maximum Gasteiger partial charge on any atom is 0.431 e. The fourth-order valence-electron chi connectivity index (χ4n) is 1.78. The Kier molecular flexibility index (Phi) is 3.11. The summed E-state index contributed by atoms with van der Waals surface area (Å²) in [7, 11) is 0. The summed E-state index contributed by atoms with van der Waals surface area (Å²) < 4.78 is 37.8. The topological polar surface area (TPSA) is 32.7 Å². The van der Waals surface area contributed by atoms with Crippen molar-refractivity contribution in [2.45, 2.75) is 19.6 Å². The van der Waals surface area contributed by atoms with Gasteiger partial charge >= 0.3 is 6.18 Å². The predicted molar refractivity (Wildman–Crippen MR) is 59.6 cm³/mol. The zero-order chi connectivity index (χ0) is 13.3. The van der Waals surface area contributed by atoms with Gasteiger partial charge in [-0.1, -0.05) is 30.3 Å². The van der Waals surface area contributed by atoms with Crippen molar-refractivity contribution >= 4 is 11.6 Å². The highest BCUT2D eigenvalue weighted by Crippen LogP contribution is 2.29. The number of halogens is 3. The highest BCUT2D eigenvalue weighted by molar-refractivity contribution is 6.10. The first-order valence-electron chi connectivity index (χ1n) is 5.40. The molecule has 1 aliphatic rings. The Bertz CT molecular complexity index is 482. The molecular formula is C12H11F3N2O. The summed E-state index contributed by atoms with van der Waals surface area (Å²) in [5.74, 6) is -1.85. The molecule has 3 nitrogen and oxygen atoms in total. The van der Waals surface area contributed by atoms with Crippen LogP contribution in [-0.4, -0.2) is 22.8 Å². The molecule has 1 unspecified atom stereocenters. The molecule has 0 saturated heterocycles. The molecule has 1 atom stereocenters. The van der Waals surface area contributed by atoms with Gasteiger partial charge in [0.05, 0.1) is 12.5 Å². The van der Waals surface area contributed by atoms with Crippen LogP contribution in [0.3, 0.4) is 0 Å². The van der Waals surface area contributed by atoms with Gasteiger partial charge in [0.25, 0.3) is 5.91 Å². The first kappa shape index (κ1) is 12.6. The fourth-order valence-corrected chi connectivity index (χ4v) is 1.78. The van der Waals surface area contributed by atoms with Crippen LogP contribution in [0.2, 0.25) is 0 Å². The van der Waals surface area contributed by atoms with Crippen molar-refractivity contribution in [3.05, 3.63) is 35.9 Å². The van der Waals surface area contributed by atoms with Gasteiger partial charge in [0.15, 0.2) is 5.71 Å². The minimum atomic E-state index is -4.56. The van der Waals surface area contributed by atoms with E-state index in [1.54, 1.807) is 30.3 Å². The Hall–Kier alpha value is -1.85. The zero-order valence-corrected chi connectivity index (χ0v) is 9.61. The van der Waals surface area contributed by atoms with Crippen LogP contribution in [0, 0.1) is 5.92 Å². The molecule has 0 N–H and O–H groups in total. The number of carbonyl (C=O) groups is 1. The minimum Gasteiger partial charge on any atom is -0.272 e. The summed E-state index contributed by atoms with van der Waals surface area (Å²) in [5, 5.41) is 4.27. The zero-order valence-electron chi connectivity index (χ0n) is 9.61. The Labute approximate surface area is 102 Å². The maximum absolute atomic E-state index is 12.6. The molecule has 1 aromatic carbocycles. The van der Waals surface area contributed by atoms with Crippen molar-refractivity contribution in [3.8, 4) is 0 Å². The maximum atomic E-state index is 12.6. The second-order valence-electron chi connectivity index (χ2n) is 4.09. The van der Waals surface area contributed by atoms with E-state index in [1.807, 2.05) is 0 Å². The van der Waals surface area contributed by atoms with Crippen LogP contribution in [-0.2, 0) is 11.3 Å². The van der Waals surface area contributed by atoms with Crippen LogP contribution >= 0.6 is 0 Å². The fraction of sp³-hybridized carbons (Fsp3) is 0.333. The molecule has 6 heteroatoms. The molecule has 1 amide bonds. The van der Waals surface area contributed by atoms with Crippen LogP contribution in [0.25, 0.3) is 0 Å². The van der Waals surface area contributed by atoms with E-state index >= 15 is 0 Å². The molecule has 0 aliphatic carbocycles. The number of hydrogen-bond acceptors (Lipinski definition) is 2. The lowest BCUT2D eigenvalue weighted by atomic mass is 10.1. The number of hydrogen-bond donors (Lipinski definition) is 0. The van der Waals surface area contributed by atoms with Gasteiger partial charge in [0, 0.05) is 0 Å². The van der Waals surface area contributed by atoms with Crippen LogP contribution in [0.4, 0.5) is 13.2 Å². The van der Waals surface area contributed by atoms with Crippen molar-refractivity contribution in [1.29, 1.82) is 0 Å². The van der Waals surface area contributed by atoms with Gasteiger partial charge in [-0.3, -0.25) is 4.79 Å². The number of alkyl halides is 3. The Morgan fingerprint density at radius 3 is 2.39 bits per heavy atom. The molecule has 0 aromatic heterocycles. The van der Waals surface area contributed by atoms with Crippen molar-refractivity contribution in [3.63, 3.8) is 0 Å². The molecule has 1 aliphatic heterocycles. The lowest BCUT2D eigenvalue weighted by Gasteiger charge is -2.12. The van der Waals surface area contributed by atoms with E-state index in [-0.39, 0.29) is 6.54 Å². The lowest BCUT2D eigenvalue weighted by molar-refractivity contribution is -0.132. The van der Waals surface area contributed by atoms with E-state index in [0.29, 0.717) is 0 Å². The average molecular weight is 256 g/mol. The van der Waals surface area contributed by atoms with Gasteiger partial charge in [0.1, 0.15) is 0 Å². The summed E-state index contributed by atoms with van der Waals surface area (Å²) in [6.07, 6.45) is -4.56. The SMILES string of the molecule is CC1C(=O)N(Cc2ccccc2)N=C1C(F)(F)F. The largest absolute Gasteiger partial charge is 0.431 e. The van der Waals surface area contributed by atoms with E-state index in [4.69, 9.17) is 0 Å². The van der Waals surface area contributed by atoms with Crippen LogP contribution in [0.5, 0.6) is 0 Å². The number of carbonyl (C=O) groups excluding carboxylic acids is 1. The third kappa shape index (κ3) is 2.37. The number of benzene rings is 1.